The molecule has 0 aromatic heterocycles. The third kappa shape index (κ3) is 4.33. The molecule has 0 aliphatic carbocycles. The van der Waals surface area contributed by atoms with Gasteiger partial charge < -0.3 is 4.90 Å². The summed E-state index contributed by atoms with van der Waals surface area (Å²) < 4.78 is 26.0. The van der Waals surface area contributed by atoms with E-state index in [2.05, 4.69) is 0 Å². The highest BCUT2D eigenvalue weighted by Crippen LogP contribution is 2.32. The molecule has 5 nitrogen and oxygen atoms in total. The van der Waals surface area contributed by atoms with Crippen molar-refractivity contribution in [2.45, 2.75) is 39.2 Å². The second kappa shape index (κ2) is 8.13. The van der Waals surface area contributed by atoms with E-state index >= 15 is 0 Å². The molecule has 2 aromatic rings. The van der Waals surface area contributed by atoms with Gasteiger partial charge in [-0.2, -0.15) is 0 Å². The van der Waals surface area contributed by atoms with E-state index in [0.717, 1.165) is 17.7 Å². The van der Waals surface area contributed by atoms with Gasteiger partial charge in [0.15, 0.2) is 0 Å². The zero-order valence-electron chi connectivity index (χ0n) is 16.4. The lowest BCUT2D eigenvalue weighted by atomic mass is 10.1. The van der Waals surface area contributed by atoms with Crippen molar-refractivity contribution in [2.24, 2.45) is 0 Å². The number of rotatable bonds is 6. The molecule has 0 bridgehead atoms. The average molecular weight is 421 g/mol. The van der Waals surface area contributed by atoms with Crippen molar-refractivity contribution in [3.63, 3.8) is 0 Å². The fourth-order valence-electron chi connectivity index (χ4n) is 3.76. The number of carbonyl (C=O) groups excluding carboxylic acids is 1. The summed E-state index contributed by atoms with van der Waals surface area (Å²) in [7, 11) is -3.48. The summed E-state index contributed by atoms with van der Waals surface area (Å²) in [5, 5.41) is 0.479. The third-order valence-corrected chi connectivity index (χ3v) is 6.48. The summed E-state index contributed by atoms with van der Waals surface area (Å²) in [4.78, 5) is 14.7. The van der Waals surface area contributed by atoms with Crippen molar-refractivity contribution in [3.8, 4) is 0 Å². The first-order valence-corrected chi connectivity index (χ1v) is 11.5. The Morgan fingerprint density at radius 3 is 2.68 bits per heavy atom. The molecule has 0 saturated heterocycles. The second-order valence-corrected chi connectivity index (χ2v) is 9.66. The Morgan fingerprint density at radius 1 is 1.25 bits per heavy atom. The monoisotopic (exact) mass is 420 g/mol. The first-order chi connectivity index (χ1) is 13.2. The summed E-state index contributed by atoms with van der Waals surface area (Å²) in [6.07, 6.45) is 2.74. The average Bonchev–Trinajstić information content (AvgIpc) is 2.95. The van der Waals surface area contributed by atoms with Gasteiger partial charge in [-0.3, -0.25) is 9.10 Å². The highest BCUT2D eigenvalue weighted by molar-refractivity contribution is 7.92. The van der Waals surface area contributed by atoms with Crippen LogP contribution in [0.3, 0.4) is 0 Å². The molecular weight excluding hydrogens is 396 g/mol. The Balaban J connectivity index is 1.72. The molecule has 7 heteroatoms. The van der Waals surface area contributed by atoms with Gasteiger partial charge in [-0.1, -0.05) is 35.9 Å². The van der Waals surface area contributed by atoms with Gasteiger partial charge in [0.2, 0.25) is 15.9 Å². The molecule has 1 amide bonds. The van der Waals surface area contributed by atoms with Gasteiger partial charge in [-0.25, -0.2) is 8.42 Å². The molecule has 0 spiro atoms. The van der Waals surface area contributed by atoms with Crippen molar-refractivity contribution in [3.05, 3.63) is 58.6 Å². The number of carbonyl (C=O) groups is 1. The number of aryl methyl sites for hydroxylation is 1. The normalized spacial score (nSPS) is 16.1. The number of hydrogen-bond donors (Lipinski definition) is 0. The molecule has 3 rings (SSSR count). The third-order valence-electron chi connectivity index (χ3n) is 5.07. The fourth-order valence-corrected chi connectivity index (χ4v) is 4.94. The number of amides is 1. The van der Waals surface area contributed by atoms with Crippen LogP contribution < -0.4 is 9.21 Å². The zero-order chi connectivity index (χ0) is 20.5. The van der Waals surface area contributed by atoms with Crippen molar-refractivity contribution in [1.29, 1.82) is 0 Å². The number of para-hydroxylation sites is 1. The van der Waals surface area contributed by atoms with E-state index in [9.17, 15) is 13.2 Å². The number of sulfonamides is 1. The Hall–Kier alpha value is -2.05. The lowest BCUT2D eigenvalue weighted by Crippen LogP contribution is -2.37. The van der Waals surface area contributed by atoms with Crippen LogP contribution in [0.4, 0.5) is 11.4 Å². The van der Waals surface area contributed by atoms with Gasteiger partial charge in [0.05, 0.1) is 11.9 Å². The van der Waals surface area contributed by atoms with Crippen molar-refractivity contribution < 1.29 is 13.2 Å². The van der Waals surface area contributed by atoms with Gasteiger partial charge >= 0.3 is 0 Å². The van der Waals surface area contributed by atoms with Crippen LogP contribution in [0.2, 0.25) is 5.02 Å². The number of halogens is 1. The quantitative estimate of drug-likeness (QED) is 0.704. The summed E-state index contributed by atoms with van der Waals surface area (Å²) in [6.45, 7) is 4.11. The molecule has 28 heavy (non-hydrogen) atoms. The molecule has 1 heterocycles. The predicted molar refractivity (Wildman–Crippen MR) is 115 cm³/mol. The number of anilines is 2. The molecule has 0 saturated carbocycles. The molecule has 2 aromatic carbocycles. The van der Waals surface area contributed by atoms with Crippen molar-refractivity contribution in [2.75, 3.05) is 22.0 Å². The highest BCUT2D eigenvalue weighted by Gasteiger charge is 2.30. The minimum atomic E-state index is -3.48. The molecule has 150 valence electrons. The minimum absolute atomic E-state index is 0.0220. The van der Waals surface area contributed by atoms with E-state index in [1.54, 1.807) is 18.2 Å². The van der Waals surface area contributed by atoms with Gasteiger partial charge in [-0.15, -0.1) is 0 Å². The molecule has 0 fully saturated rings. The lowest BCUT2D eigenvalue weighted by molar-refractivity contribution is -0.118. The van der Waals surface area contributed by atoms with E-state index in [0.29, 0.717) is 17.1 Å². The van der Waals surface area contributed by atoms with Crippen molar-refractivity contribution in [1.82, 2.24) is 0 Å². The Morgan fingerprint density at radius 2 is 1.96 bits per heavy atom. The zero-order valence-corrected chi connectivity index (χ0v) is 17.9. The van der Waals surface area contributed by atoms with Gasteiger partial charge in [0, 0.05) is 29.7 Å². The molecule has 1 aliphatic heterocycles. The Labute approximate surface area is 172 Å². The summed E-state index contributed by atoms with van der Waals surface area (Å²) in [6, 6.07) is 13.2. The molecule has 0 radical (unpaired) electrons. The summed E-state index contributed by atoms with van der Waals surface area (Å²) in [5.41, 5.74) is 3.52. The van der Waals surface area contributed by atoms with E-state index in [1.807, 2.05) is 43.0 Å². The van der Waals surface area contributed by atoms with Crippen LogP contribution in [-0.2, 0) is 21.2 Å². The van der Waals surface area contributed by atoms with E-state index in [4.69, 9.17) is 11.6 Å². The maximum absolute atomic E-state index is 12.8. The van der Waals surface area contributed by atoms with Crippen LogP contribution >= 0.6 is 11.6 Å². The SMILES string of the molecule is Cc1ccc(Cl)cc1N(CCCC(=O)N1c2ccccc2CC1C)S(C)(=O)=O. The minimum Gasteiger partial charge on any atom is -0.309 e. The summed E-state index contributed by atoms with van der Waals surface area (Å²) >= 11 is 6.06. The number of nitrogens with zero attached hydrogens (tertiary/aromatic N) is 2. The smallest absolute Gasteiger partial charge is 0.232 e. The largest absolute Gasteiger partial charge is 0.309 e. The fraction of sp³-hybridized carbons (Fsp3) is 0.381. The number of fused-ring (bicyclic) bond motifs is 1. The van der Waals surface area contributed by atoms with E-state index in [1.165, 1.54) is 16.1 Å². The first kappa shape index (κ1) is 20.7. The van der Waals surface area contributed by atoms with Gasteiger partial charge in [0.1, 0.15) is 0 Å². The molecular formula is C21H25ClN2O3S. The van der Waals surface area contributed by atoms with E-state index < -0.39 is 10.0 Å². The number of hydrogen-bond acceptors (Lipinski definition) is 3. The maximum atomic E-state index is 12.8. The van der Waals surface area contributed by atoms with Crippen LogP contribution in [0, 0.1) is 6.92 Å². The standard InChI is InChI=1S/C21H25ClN2O3S/c1-15-10-11-18(22)14-20(15)23(28(3,26)27)12-6-9-21(25)24-16(2)13-17-7-4-5-8-19(17)24/h4-5,7-8,10-11,14,16H,6,9,12-13H2,1-3H3. The molecule has 1 aliphatic rings. The van der Waals surface area contributed by atoms with Crippen LogP contribution in [-0.4, -0.2) is 33.2 Å². The topological polar surface area (TPSA) is 57.7 Å². The number of benzene rings is 2. The van der Waals surface area contributed by atoms with Gasteiger partial charge in [0.25, 0.3) is 0 Å². The molecule has 0 N–H and O–H groups in total. The van der Waals surface area contributed by atoms with Crippen LogP contribution in [0.15, 0.2) is 42.5 Å². The maximum Gasteiger partial charge on any atom is 0.232 e. The van der Waals surface area contributed by atoms with Crippen LogP contribution in [0.1, 0.15) is 30.9 Å². The summed E-state index contributed by atoms with van der Waals surface area (Å²) in [5.74, 6) is 0.0220. The lowest BCUT2D eigenvalue weighted by Gasteiger charge is -2.26. The second-order valence-electron chi connectivity index (χ2n) is 7.32. The predicted octanol–water partition coefficient (Wildman–Crippen LogP) is 4.17. The van der Waals surface area contributed by atoms with Crippen molar-refractivity contribution >= 4 is 38.9 Å². The van der Waals surface area contributed by atoms with E-state index in [-0.39, 0.29) is 24.9 Å². The first-order valence-electron chi connectivity index (χ1n) is 9.32. The Bertz CT molecular complexity index is 991. The Kier molecular flexibility index (Phi) is 6.01. The van der Waals surface area contributed by atoms with Gasteiger partial charge in [-0.05, 0) is 56.0 Å². The molecule has 1 atom stereocenters. The highest BCUT2D eigenvalue weighted by atomic mass is 35.5. The van der Waals surface area contributed by atoms with Crippen LogP contribution in [0.5, 0.6) is 0 Å². The molecule has 1 unspecified atom stereocenters. The van der Waals surface area contributed by atoms with Crippen LogP contribution in [0.25, 0.3) is 0 Å².